The van der Waals surface area contributed by atoms with Crippen molar-refractivity contribution in [2.75, 3.05) is 19.0 Å². The lowest BCUT2D eigenvalue weighted by Crippen LogP contribution is -2.06. The van der Waals surface area contributed by atoms with Crippen molar-refractivity contribution in [3.63, 3.8) is 0 Å². The summed E-state index contributed by atoms with van der Waals surface area (Å²) >= 11 is 19.4. The third-order valence-corrected chi connectivity index (χ3v) is 9.25. The average molecular weight is 588 g/mol. The first-order valence-corrected chi connectivity index (χ1v) is 15.6. The standard InChI is InChI=1S/C30H32Cl2N2O2S2/c1-2-36-13-14-38(35)25-16-23(15-24(31)18-25)27-19-34(12-6-11-33)20-28(30(27)37)26-10-9-22(17-29(26)32)21-7-4-3-5-8-21/h9-10,15-21H,2-8,12-14H2,1H3. The predicted molar refractivity (Wildman–Crippen MR) is 160 cm³/mol. The van der Waals surface area contributed by atoms with E-state index in [9.17, 15) is 9.47 Å². The van der Waals surface area contributed by atoms with Crippen LogP contribution < -0.4 is 0 Å². The molecule has 0 N–H and O–H groups in total. The molecule has 8 heteroatoms. The van der Waals surface area contributed by atoms with E-state index in [0.717, 1.165) is 22.3 Å². The van der Waals surface area contributed by atoms with Gasteiger partial charge in [0.2, 0.25) is 0 Å². The maximum absolute atomic E-state index is 12.9. The van der Waals surface area contributed by atoms with Crippen molar-refractivity contribution < 1.29 is 8.95 Å². The number of hydrogen-bond acceptors (Lipinski definition) is 4. The maximum atomic E-state index is 12.9. The number of nitrogens with zero attached hydrogens (tertiary/aromatic N) is 2. The molecule has 0 saturated heterocycles. The van der Waals surface area contributed by atoms with Gasteiger partial charge >= 0.3 is 0 Å². The summed E-state index contributed by atoms with van der Waals surface area (Å²) in [5, 5.41) is 10.4. The monoisotopic (exact) mass is 586 g/mol. The van der Waals surface area contributed by atoms with Gasteiger partial charge in [0.05, 0.1) is 40.2 Å². The van der Waals surface area contributed by atoms with Gasteiger partial charge in [0.1, 0.15) is 0 Å². The van der Waals surface area contributed by atoms with Crippen molar-refractivity contribution in [1.29, 1.82) is 5.26 Å². The summed E-state index contributed by atoms with van der Waals surface area (Å²) in [6.45, 7) is 3.42. The fraction of sp³-hybridized carbons (Fsp3) is 0.400. The van der Waals surface area contributed by atoms with Crippen molar-refractivity contribution in [3.8, 4) is 28.3 Å². The van der Waals surface area contributed by atoms with Gasteiger partial charge in [-0.15, -0.1) is 0 Å². The van der Waals surface area contributed by atoms with Crippen molar-refractivity contribution in [2.45, 2.75) is 62.8 Å². The second kappa shape index (κ2) is 13.9. The van der Waals surface area contributed by atoms with E-state index in [4.69, 9.17) is 40.2 Å². The second-order valence-corrected chi connectivity index (χ2v) is 12.4. The fourth-order valence-electron chi connectivity index (χ4n) is 5.02. The highest BCUT2D eigenvalue weighted by atomic mass is 35.5. The molecule has 1 aliphatic carbocycles. The first-order chi connectivity index (χ1) is 18.4. The minimum Gasteiger partial charge on any atom is -0.381 e. The summed E-state index contributed by atoms with van der Waals surface area (Å²) in [6, 6.07) is 14.0. The van der Waals surface area contributed by atoms with Crippen LogP contribution in [0.5, 0.6) is 0 Å². The van der Waals surface area contributed by atoms with E-state index in [2.05, 4.69) is 24.3 Å². The quantitative estimate of drug-likeness (QED) is 0.176. The highest BCUT2D eigenvalue weighted by molar-refractivity contribution is 7.85. The maximum Gasteiger partial charge on any atom is 0.0640 e. The van der Waals surface area contributed by atoms with E-state index in [-0.39, 0.29) is 0 Å². The first-order valence-electron chi connectivity index (χ1n) is 13.1. The molecule has 0 radical (unpaired) electrons. The number of halogens is 2. The first kappa shape index (κ1) is 29.0. The summed E-state index contributed by atoms with van der Waals surface area (Å²) in [5.41, 5.74) is 4.55. The minimum absolute atomic E-state index is 0.358. The zero-order valence-electron chi connectivity index (χ0n) is 21.6. The van der Waals surface area contributed by atoms with E-state index in [0.29, 0.717) is 57.3 Å². The lowest BCUT2D eigenvalue weighted by atomic mass is 9.83. The Morgan fingerprint density at radius 1 is 1.08 bits per heavy atom. The van der Waals surface area contributed by atoms with Gasteiger partial charge in [-0.05, 0) is 61.1 Å². The van der Waals surface area contributed by atoms with Gasteiger partial charge in [-0.2, -0.15) is 5.26 Å². The number of hydrogen-bond donors (Lipinski definition) is 0. The summed E-state index contributed by atoms with van der Waals surface area (Å²) in [4.78, 5) is 0.630. The Hall–Kier alpha value is -2.01. The Bertz CT molecular complexity index is 1410. The van der Waals surface area contributed by atoms with Crippen LogP contribution >= 0.6 is 35.4 Å². The third-order valence-electron chi connectivity index (χ3n) is 6.98. The van der Waals surface area contributed by atoms with Gasteiger partial charge in [-0.3, -0.25) is 4.21 Å². The molecule has 1 aromatic heterocycles. The van der Waals surface area contributed by atoms with E-state index in [1.54, 1.807) is 6.07 Å². The molecule has 1 atom stereocenters. The summed E-state index contributed by atoms with van der Waals surface area (Å²) in [6.07, 6.45) is 10.5. The predicted octanol–water partition coefficient (Wildman–Crippen LogP) is 8.96. The number of benzene rings is 2. The van der Waals surface area contributed by atoms with Gasteiger partial charge in [0, 0.05) is 57.2 Å². The van der Waals surface area contributed by atoms with E-state index < -0.39 is 10.8 Å². The van der Waals surface area contributed by atoms with Crippen LogP contribution in [0.4, 0.5) is 0 Å². The number of ether oxygens (including phenoxy) is 1. The summed E-state index contributed by atoms with van der Waals surface area (Å²) < 4.78 is 20.9. The van der Waals surface area contributed by atoms with E-state index >= 15 is 0 Å². The molecule has 38 heavy (non-hydrogen) atoms. The minimum atomic E-state index is -1.26. The Morgan fingerprint density at radius 3 is 2.55 bits per heavy atom. The summed E-state index contributed by atoms with van der Waals surface area (Å²) in [7, 11) is -1.26. The van der Waals surface area contributed by atoms with Crippen LogP contribution in [0.2, 0.25) is 10.0 Å². The topological polar surface area (TPSA) is 55.0 Å². The van der Waals surface area contributed by atoms with Gasteiger partial charge in [-0.1, -0.05) is 66.8 Å². The van der Waals surface area contributed by atoms with Crippen LogP contribution in [0.15, 0.2) is 53.7 Å². The molecule has 4 nitrogen and oxygen atoms in total. The lowest BCUT2D eigenvalue weighted by molar-refractivity contribution is 0.164. The number of aromatic nitrogens is 1. The molecule has 0 spiro atoms. The average Bonchev–Trinajstić information content (AvgIpc) is 2.92. The molecule has 200 valence electrons. The van der Waals surface area contributed by atoms with Gasteiger partial charge < -0.3 is 9.30 Å². The lowest BCUT2D eigenvalue weighted by Gasteiger charge is -2.22. The SMILES string of the molecule is CCOCCS(=O)c1cc(Cl)cc(-c2cn(CCC#N)cc(-c3ccc(C4CCCCC4)cc3Cl)c2=S)c1. The zero-order chi connectivity index (χ0) is 27.1. The van der Waals surface area contributed by atoms with Gasteiger partial charge in [-0.25, -0.2) is 0 Å². The highest BCUT2D eigenvalue weighted by Gasteiger charge is 2.19. The van der Waals surface area contributed by atoms with Gasteiger partial charge in [0.25, 0.3) is 0 Å². The molecular formula is C30H32Cl2N2O2S2. The molecule has 4 rings (SSSR count). The smallest absolute Gasteiger partial charge is 0.0640 e. The normalized spacial score (nSPS) is 14.8. The highest BCUT2D eigenvalue weighted by Crippen LogP contribution is 2.39. The van der Waals surface area contributed by atoms with Crippen LogP contribution in [-0.2, 0) is 22.1 Å². The van der Waals surface area contributed by atoms with Crippen LogP contribution in [0.1, 0.15) is 56.9 Å². The molecular weight excluding hydrogens is 555 g/mol. The molecule has 1 heterocycles. The fourth-order valence-corrected chi connectivity index (χ4v) is 6.97. The van der Waals surface area contributed by atoms with Crippen molar-refractivity contribution in [3.05, 3.63) is 68.9 Å². The Morgan fingerprint density at radius 2 is 1.84 bits per heavy atom. The number of nitriles is 1. The third kappa shape index (κ3) is 7.14. The van der Waals surface area contributed by atoms with Crippen LogP contribution in [0, 0.1) is 15.8 Å². The van der Waals surface area contributed by atoms with Crippen LogP contribution in [-0.4, -0.2) is 27.7 Å². The molecule has 2 aromatic carbocycles. The molecule has 1 fully saturated rings. The van der Waals surface area contributed by atoms with Crippen molar-refractivity contribution in [1.82, 2.24) is 4.57 Å². The summed E-state index contributed by atoms with van der Waals surface area (Å²) in [5.74, 6) is 0.943. The second-order valence-electron chi connectivity index (χ2n) is 9.56. The molecule has 1 aliphatic rings. The van der Waals surface area contributed by atoms with E-state index in [1.807, 2.05) is 36.0 Å². The van der Waals surface area contributed by atoms with Crippen molar-refractivity contribution in [2.24, 2.45) is 0 Å². The molecule has 0 bridgehead atoms. The molecule has 0 aliphatic heterocycles. The zero-order valence-corrected chi connectivity index (χ0v) is 24.7. The Labute approximate surface area is 243 Å². The molecule has 1 saturated carbocycles. The van der Waals surface area contributed by atoms with Crippen LogP contribution in [0.25, 0.3) is 22.3 Å². The number of pyridine rings is 1. The molecule has 0 amide bonds. The Balaban J connectivity index is 1.77. The molecule has 1 unspecified atom stereocenters. The van der Waals surface area contributed by atoms with Crippen molar-refractivity contribution >= 4 is 46.2 Å². The molecule has 3 aromatic rings. The van der Waals surface area contributed by atoms with E-state index in [1.165, 1.54) is 37.7 Å². The largest absolute Gasteiger partial charge is 0.381 e. The number of aryl methyl sites for hydroxylation is 1. The number of rotatable bonds is 10. The van der Waals surface area contributed by atoms with Gasteiger partial charge in [0.15, 0.2) is 0 Å². The van der Waals surface area contributed by atoms with Crippen LogP contribution in [0.3, 0.4) is 0 Å². The Kier molecular flexibility index (Phi) is 10.6.